The number of nitrogens with zero attached hydrogens (tertiary/aromatic N) is 2. The van der Waals surface area contributed by atoms with Crippen molar-refractivity contribution < 1.29 is 0 Å². The van der Waals surface area contributed by atoms with Crippen molar-refractivity contribution in [2.75, 3.05) is 0 Å². The SMILES string of the molecule is Brc1ccc(-c2cnc(-c3ccc(Br)cc3)nc2)cc1. The van der Waals surface area contributed by atoms with E-state index in [9.17, 15) is 0 Å². The lowest BCUT2D eigenvalue weighted by atomic mass is 10.1. The van der Waals surface area contributed by atoms with Crippen LogP contribution in [-0.4, -0.2) is 9.97 Å². The minimum atomic E-state index is 0.735. The summed E-state index contributed by atoms with van der Waals surface area (Å²) in [6.45, 7) is 0. The van der Waals surface area contributed by atoms with Crippen LogP contribution in [0.15, 0.2) is 69.9 Å². The Morgan fingerprint density at radius 3 is 1.50 bits per heavy atom. The maximum Gasteiger partial charge on any atom is 0.159 e. The largest absolute Gasteiger partial charge is 0.236 e. The Kier molecular flexibility index (Phi) is 3.94. The third kappa shape index (κ3) is 2.97. The first kappa shape index (κ1) is 13.5. The molecule has 0 unspecified atom stereocenters. The predicted molar refractivity (Wildman–Crippen MR) is 88.3 cm³/mol. The second kappa shape index (κ2) is 5.85. The smallest absolute Gasteiger partial charge is 0.159 e. The molecule has 0 saturated heterocycles. The van der Waals surface area contributed by atoms with E-state index in [1.54, 1.807) is 0 Å². The number of benzene rings is 2. The number of halogens is 2. The van der Waals surface area contributed by atoms with Crippen molar-refractivity contribution in [3.05, 3.63) is 69.9 Å². The fourth-order valence-electron chi connectivity index (χ4n) is 1.87. The summed E-state index contributed by atoms with van der Waals surface area (Å²) in [7, 11) is 0. The molecule has 3 rings (SSSR count). The molecule has 1 heterocycles. The van der Waals surface area contributed by atoms with E-state index in [1.807, 2.05) is 60.9 Å². The van der Waals surface area contributed by atoms with Crippen molar-refractivity contribution in [1.82, 2.24) is 9.97 Å². The van der Waals surface area contributed by atoms with E-state index in [0.717, 1.165) is 31.5 Å². The molecular weight excluding hydrogens is 380 g/mol. The van der Waals surface area contributed by atoms with Gasteiger partial charge in [-0.25, -0.2) is 9.97 Å². The molecule has 0 atom stereocenters. The summed E-state index contributed by atoms with van der Waals surface area (Å²) in [5, 5.41) is 0. The Labute approximate surface area is 134 Å². The fraction of sp³-hybridized carbons (Fsp3) is 0. The first-order valence-corrected chi connectivity index (χ1v) is 7.65. The van der Waals surface area contributed by atoms with Crippen LogP contribution in [0.2, 0.25) is 0 Å². The molecule has 0 amide bonds. The Morgan fingerprint density at radius 1 is 0.550 bits per heavy atom. The molecule has 3 aromatic rings. The zero-order chi connectivity index (χ0) is 13.9. The van der Waals surface area contributed by atoms with Crippen LogP contribution < -0.4 is 0 Å². The molecule has 0 aliphatic heterocycles. The summed E-state index contributed by atoms with van der Waals surface area (Å²) in [5.41, 5.74) is 3.13. The third-order valence-corrected chi connectivity index (χ3v) is 3.99. The first-order chi connectivity index (χ1) is 9.72. The Balaban J connectivity index is 1.91. The van der Waals surface area contributed by atoms with Crippen molar-refractivity contribution >= 4 is 31.9 Å². The van der Waals surface area contributed by atoms with Crippen molar-refractivity contribution in [3.63, 3.8) is 0 Å². The number of aromatic nitrogens is 2. The normalized spacial score (nSPS) is 10.5. The van der Waals surface area contributed by atoms with Gasteiger partial charge in [0, 0.05) is 32.5 Å². The second-order valence-electron chi connectivity index (χ2n) is 4.31. The predicted octanol–water partition coefficient (Wildman–Crippen LogP) is 5.34. The van der Waals surface area contributed by atoms with Gasteiger partial charge in [-0.05, 0) is 29.8 Å². The van der Waals surface area contributed by atoms with Crippen LogP contribution in [0.25, 0.3) is 22.5 Å². The summed E-state index contributed by atoms with van der Waals surface area (Å²) in [6.07, 6.45) is 3.71. The van der Waals surface area contributed by atoms with Crippen molar-refractivity contribution in [2.45, 2.75) is 0 Å². The first-order valence-electron chi connectivity index (χ1n) is 6.06. The summed E-state index contributed by atoms with van der Waals surface area (Å²) >= 11 is 6.85. The van der Waals surface area contributed by atoms with Crippen LogP contribution in [-0.2, 0) is 0 Å². The van der Waals surface area contributed by atoms with E-state index >= 15 is 0 Å². The van der Waals surface area contributed by atoms with Gasteiger partial charge in [0.1, 0.15) is 0 Å². The lowest BCUT2D eigenvalue weighted by Crippen LogP contribution is -1.89. The molecule has 0 bridgehead atoms. The fourth-order valence-corrected chi connectivity index (χ4v) is 2.40. The Morgan fingerprint density at radius 2 is 1.00 bits per heavy atom. The molecule has 0 N–H and O–H groups in total. The summed E-state index contributed by atoms with van der Waals surface area (Å²) in [5.74, 6) is 0.735. The van der Waals surface area contributed by atoms with Gasteiger partial charge in [-0.15, -0.1) is 0 Å². The highest BCUT2D eigenvalue weighted by molar-refractivity contribution is 9.10. The molecule has 0 aliphatic rings. The van der Waals surface area contributed by atoms with E-state index < -0.39 is 0 Å². The van der Waals surface area contributed by atoms with Crippen LogP contribution in [0.4, 0.5) is 0 Å². The standard InChI is InChI=1S/C16H10Br2N2/c17-14-5-1-11(2-6-14)13-9-19-16(20-10-13)12-3-7-15(18)8-4-12/h1-10H. The average Bonchev–Trinajstić information content (AvgIpc) is 2.49. The minimum absolute atomic E-state index is 0.735. The van der Waals surface area contributed by atoms with Gasteiger partial charge >= 0.3 is 0 Å². The number of hydrogen-bond donors (Lipinski definition) is 0. The van der Waals surface area contributed by atoms with Crippen LogP contribution in [0.3, 0.4) is 0 Å². The van der Waals surface area contributed by atoms with Crippen LogP contribution >= 0.6 is 31.9 Å². The lowest BCUT2D eigenvalue weighted by Gasteiger charge is -2.03. The van der Waals surface area contributed by atoms with Crippen molar-refractivity contribution in [1.29, 1.82) is 0 Å². The molecule has 0 fully saturated rings. The van der Waals surface area contributed by atoms with Gasteiger partial charge in [0.05, 0.1) is 0 Å². The Hall–Kier alpha value is -1.52. The van der Waals surface area contributed by atoms with E-state index in [1.165, 1.54) is 0 Å². The highest BCUT2D eigenvalue weighted by Crippen LogP contribution is 2.23. The van der Waals surface area contributed by atoms with Crippen molar-refractivity contribution in [3.8, 4) is 22.5 Å². The van der Waals surface area contributed by atoms with Crippen molar-refractivity contribution in [2.24, 2.45) is 0 Å². The molecule has 0 aliphatic carbocycles. The van der Waals surface area contributed by atoms with Crippen LogP contribution in [0.5, 0.6) is 0 Å². The van der Waals surface area contributed by atoms with Gasteiger partial charge in [0.2, 0.25) is 0 Å². The maximum absolute atomic E-state index is 4.44. The van der Waals surface area contributed by atoms with Gasteiger partial charge in [-0.1, -0.05) is 56.1 Å². The van der Waals surface area contributed by atoms with E-state index in [4.69, 9.17) is 0 Å². The van der Waals surface area contributed by atoms with Gasteiger partial charge in [0.15, 0.2) is 5.82 Å². The van der Waals surface area contributed by atoms with E-state index in [0.29, 0.717) is 0 Å². The molecule has 0 radical (unpaired) electrons. The van der Waals surface area contributed by atoms with E-state index in [-0.39, 0.29) is 0 Å². The Bertz CT molecular complexity index is 640. The number of hydrogen-bond acceptors (Lipinski definition) is 2. The highest BCUT2D eigenvalue weighted by Gasteiger charge is 2.03. The average molecular weight is 390 g/mol. The third-order valence-electron chi connectivity index (χ3n) is 2.93. The molecular formula is C16H10Br2N2. The van der Waals surface area contributed by atoms with Gasteiger partial charge < -0.3 is 0 Å². The van der Waals surface area contributed by atoms with E-state index in [2.05, 4.69) is 41.8 Å². The number of rotatable bonds is 2. The van der Waals surface area contributed by atoms with Gasteiger partial charge in [-0.2, -0.15) is 0 Å². The summed E-state index contributed by atoms with van der Waals surface area (Å²) in [4.78, 5) is 8.88. The molecule has 0 spiro atoms. The minimum Gasteiger partial charge on any atom is -0.236 e. The molecule has 20 heavy (non-hydrogen) atoms. The van der Waals surface area contributed by atoms with Crippen LogP contribution in [0, 0.1) is 0 Å². The van der Waals surface area contributed by atoms with Gasteiger partial charge in [-0.3, -0.25) is 0 Å². The summed E-state index contributed by atoms with van der Waals surface area (Å²) < 4.78 is 2.11. The zero-order valence-corrected chi connectivity index (χ0v) is 13.6. The maximum atomic E-state index is 4.44. The topological polar surface area (TPSA) is 25.8 Å². The highest BCUT2D eigenvalue weighted by atomic mass is 79.9. The molecule has 4 heteroatoms. The summed E-state index contributed by atoms with van der Waals surface area (Å²) in [6, 6.07) is 16.1. The van der Waals surface area contributed by atoms with Crippen LogP contribution in [0.1, 0.15) is 0 Å². The molecule has 2 aromatic carbocycles. The molecule has 1 aromatic heterocycles. The monoisotopic (exact) mass is 388 g/mol. The molecule has 0 saturated carbocycles. The molecule has 2 nitrogen and oxygen atoms in total. The second-order valence-corrected chi connectivity index (χ2v) is 6.14. The quantitative estimate of drug-likeness (QED) is 0.591. The molecule has 98 valence electrons. The lowest BCUT2D eigenvalue weighted by molar-refractivity contribution is 1.18. The zero-order valence-electron chi connectivity index (χ0n) is 10.4. The van der Waals surface area contributed by atoms with Gasteiger partial charge in [0.25, 0.3) is 0 Å².